The lowest BCUT2D eigenvalue weighted by atomic mass is 10.1. The Kier molecular flexibility index (Phi) is 5.68. The minimum Gasteiger partial charge on any atom is -0.491 e. The molecule has 2 aromatic carbocycles. The van der Waals surface area contributed by atoms with Gasteiger partial charge < -0.3 is 10.1 Å². The summed E-state index contributed by atoms with van der Waals surface area (Å²) in [5.74, 6) is 0.526. The zero-order chi connectivity index (χ0) is 21.1. The molecular formula is C23H21ClN4O2. The predicted molar refractivity (Wildman–Crippen MR) is 118 cm³/mol. The Morgan fingerprint density at radius 3 is 2.67 bits per heavy atom. The molecule has 2 aromatic heterocycles. The number of nitrogens with zero attached hydrogens (tertiary/aromatic N) is 3. The van der Waals surface area contributed by atoms with Crippen molar-refractivity contribution in [1.82, 2.24) is 20.1 Å². The van der Waals surface area contributed by atoms with Gasteiger partial charge in [-0.15, -0.1) is 0 Å². The number of hydrogen-bond donors (Lipinski definition) is 1. The molecule has 7 heteroatoms. The number of halogens is 1. The fourth-order valence-corrected chi connectivity index (χ4v) is 3.34. The lowest BCUT2D eigenvalue weighted by Crippen LogP contribution is -2.37. The summed E-state index contributed by atoms with van der Waals surface area (Å²) < 4.78 is 7.49. The fourth-order valence-electron chi connectivity index (χ4n) is 3.21. The smallest absolute Gasteiger partial charge is 0.252 e. The van der Waals surface area contributed by atoms with E-state index in [1.165, 1.54) is 0 Å². The van der Waals surface area contributed by atoms with Gasteiger partial charge in [-0.05, 0) is 49.4 Å². The Morgan fingerprint density at radius 2 is 1.93 bits per heavy atom. The van der Waals surface area contributed by atoms with Crippen molar-refractivity contribution >= 4 is 28.4 Å². The molecule has 0 radical (unpaired) electrons. The van der Waals surface area contributed by atoms with E-state index in [1.54, 1.807) is 41.2 Å². The van der Waals surface area contributed by atoms with Gasteiger partial charge >= 0.3 is 0 Å². The Labute approximate surface area is 179 Å². The maximum absolute atomic E-state index is 13.1. The molecule has 4 rings (SSSR count). The molecule has 1 atom stereocenters. The van der Waals surface area contributed by atoms with Gasteiger partial charge in [0.2, 0.25) is 0 Å². The standard InChI is InChI=1S/C23H21ClN4O2/c1-15(14-30-17-9-7-16(24)8-10-17)26-23(29)19-13-21(22-11-12-25-28(22)2)27-20-6-4-3-5-18(19)20/h3-13,15H,14H2,1-2H3,(H,26,29). The van der Waals surface area contributed by atoms with Crippen LogP contribution in [0.1, 0.15) is 17.3 Å². The van der Waals surface area contributed by atoms with E-state index in [0.29, 0.717) is 28.6 Å². The van der Waals surface area contributed by atoms with E-state index in [9.17, 15) is 4.79 Å². The number of fused-ring (bicyclic) bond motifs is 1. The SMILES string of the molecule is CC(COc1ccc(Cl)cc1)NC(=O)c1cc(-c2ccnn2C)nc2ccccc12. The first kappa shape index (κ1) is 19.9. The van der Waals surface area contributed by atoms with Crippen molar-refractivity contribution in [3.63, 3.8) is 0 Å². The van der Waals surface area contributed by atoms with E-state index in [1.807, 2.05) is 44.3 Å². The van der Waals surface area contributed by atoms with Crippen LogP contribution >= 0.6 is 11.6 Å². The van der Waals surface area contributed by atoms with Crippen LogP contribution in [0.4, 0.5) is 0 Å². The number of hydrogen-bond acceptors (Lipinski definition) is 4. The van der Waals surface area contributed by atoms with Crippen LogP contribution in [0.5, 0.6) is 5.75 Å². The first-order chi connectivity index (χ1) is 14.5. The number of pyridine rings is 1. The monoisotopic (exact) mass is 420 g/mol. The molecule has 0 aliphatic heterocycles. The van der Waals surface area contributed by atoms with E-state index in [2.05, 4.69) is 10.4 Å². The van der Waals surface area contributed by atoms with Crippen molar-refractivity contribution in [2.75, 3.05) is 6.61 Å². The highest BCUT2D eigenvalue weighted by Gasteiger charge is 2.17. The second-order valence-electron chi connectivity index (χ2n) is 7.05. The minimum atomic E-state index is -0.194. The van der Waals surface area contributed by atoms with Crippen LogP contribution in [0.3, 0.4) is 0 Å². The second kappa shape index (κ2) is 8.55. The van der Waals surface area contributed by atoms with Gasteiger partial charge in [-0.3, -0.25) is 9.48 Å². The Morgan fingerprint density at radius 1 is 1.17 bits per heavy atom. The van der Waals surface area contributed by atoms with Crippen LogP contribution in [0.25, 0.3) is 22.3 Å². The normalized spacial score (nSPS) is 12.0. The first-order valence-corrected chi connectivity index (χ1v) is 9.96. The second-order valence-corrected chi connectivity index (χ2v) is 7.49. The van der Waals surface area contributed by atoms with Crippen LogP contribution in [-0.4, -0.2) is 33.3 Å². The van der Waals surface area contributed by atoms with Crippen molar-refractivity contribution < 1.29 is 9.53 Å². The molecule has 30 heavy (non-hydrogen) atoms. The number of carbonyl (C=O) groups excluding carboxylic acids is 1. The average molecular weight is 421 g/mol. The fraction of sp³-hybridized carbons (Fsp3) is 0.174. The summed E-state index contributed by atoms with van der Waals surface area (Å²) in [4.78, 5) is 17.8. The molecule has 0 aliphatic carbocycles. The number of nitrogens with one attached hydrogen (secondary N) is 1. The quantitative estimate of drug-likeness (QED) is 0.499. The van der Waals surface area contributed by atoms with E-state index in [-0.39, 0.29) is 11.9 Å². The van der Waals surface area contributed by atoms with Gasteiger partial charge in [0.25, 0.3) is 5.91 Å². The molecule has 2 heterocycles. The number of aromatic nitrogens is 3. The molecule has 0 bridgehead atoms. The number of rotatable bonds is 6. The summed E-state index contributed by atoms with van der Waals surface area (Å²) in [6, 6.07) is 18.2. The lowest BCUT2D eigenvalue weighted by Gasteiger charge is -2.16. The zero-order valence-corrected chi connectivity index (χ0v) is 17.4. The van der Waals surface area contributed by atoms with Crippen molar-refractivity contribution in [3.8, 4) is 17.1 Å². The van der Waals surface area contributed by atoms with Crippen molar-refractivity contribution in [2.24, 2.45) is 7.05 Å². The van der Waals surface area contributed by atoms with Crippen LogP contribution in [-0.2, 0) is 7.05 Å². The highest BCUT2D eigenvalue weighted by Crippen LogP contribution is 2.24. The van der Waals surface area contributed by atoms with E-state index < -0.39 is 0 Å². The van der Waals surface area contributed by atoms with Crippen molar-refractivity contribution in [3.05, 3.63) is 77.4 Å². The first-order valence-electron chi connectivity index (χ1n) is 9.58. The van der Waals surface area contributed by atoms with Crippen LogP contribution < -0.4 is 10.1 Å². The average Bonchev–Trinajstić information content (AvgIpc) is 3.18. The molecule has 1 N–H and O–H groups in total. The molecule has 152 valence electrons. The molecule has 0 spiro atoms. The maximum Gasteiger partial charge on any atom is 0.252 e. The summed E-state index contributed by atoms with van der Waals surface area (Å²) in [5, 5.41) is 8.67. The number of aryl methyl sites for hydroxylation is 1. The van der Waals surface area contributed by atoms with Crippen LogP contribution in [0, 0.1) is 0 Å². The highest BCUT2D eigenvalue weighted by atomic mass is 35.5. The minimum absolute atomic E-state index is 0.177. The highest BCUT2D eigenvalue weighted by molar-refractivity contribution is 6.30. The third-order valence-corrected chi connectivity index (χ3v) is 4.99. The summed E-state index contributed by atoms with van der Waals surface area (Å²) in [5.41, 5.74) is 2.86. The van der Waals surface area contributed by atoms with Gasteiger partial charge in [-0.25, -0.2) is 4.98 Å². The Balaban J connectivity index is 1.56. The summed E-state index contributed by atoms with van der Waals surface area (Å²) in [6.07, 6.45) is 1.71. The van der Waals surface area contributed by atoms with Gasteiger partial charge in [0.05, 0.1) is 28.5 Å². The topological polar surface area (TPSA) is 69.0 Å². The molecule has 0 saturated heterocycles. The summed E-state index contributed by atoms with van der Waals surface area (Å²) >= 11 is 5.90. The largest absolute Gasteiger partial charge is 0.491 e. The Hall–Kier alpha value is -3.38. The van der Waals surface area contributed by atoms with E-state index in [4.69, 9.17) is 21.3 Å². The molecule has 0 fully saturated rings. The number of ether oxygens (including phenoxy) is 1. The van der Waals surface area contributed by atoms with Gasteiger partial charge in [0, 0.05) is 23.7 Å². The van der Waals surface area contributed by atoms with Gasteiger partial charge in [-0.2, -0.15) is 5.10 Å². The van der Waals surface area contributed by atoms with Crippen LogP contribution in [0.15, 0.2) is 66.9 Å². The molecule has 0 aliphatic rings. The molecule has 1 unspecified atom stereocenters. The van der Waals surface area contributed by atoms with Crippen LogP contribution in [0.2, 0.25) is 5.02 Å². The summed E-state index contributed by atoms with van der Waals surface area (Å²) in [6.45, 7) is 2.24. The van der Waals surface area contributed by atoms with Crippen molar-refractivity contribution in [2.45, 2.75) is 13.0 Å². The zero-order valence-electron chi connectivity index (χ0n) is 16.7. The van der Waals surface area contributed by atoms with Gasteiger partial charge in [-0.1, -0.05) is 29.8 Å². The molecule has 6 nitrogen and oxygen atoms in total. The maximum atomic E-state index is 13.1. The number of benzene rings is 2. The van der Waals surface area contributed by atoms with E-state index >= 15 is 0 Å². The number of carbonyl (C=O) groups is 1. The number of amides is 1. The third kappa shape index (κ3) is 4.28. The third-order valence-electron chi connectivity index (χ3n) is 4.74. The van der Waals surface area contributed by atoms with E-state index in [0.717, 1.165) is 16.6 Å². The van der Waals surface area contributed by atoms with Gasteiger partial charge in [0.1, 0.15) is 12.4 Å². The number of para-hydroxylation sites is 1. The predicted octanol–water partition coefficient (Wildman–Crippen LogP) is 4.49. The molecule has 4 aromatic rings. The Bertz CT molecular complexity index is 1190. The molecule has 1 amide bonds. The lowest BCUT2D eigenvalue weighted by molar-refractivity contribution is 0.0928. The summed E-state index contributed by atoms with van der Waals surface area (Å²) in [7, 11) is 1.85. The van der Waals surface area contributed by atoms with Crippen molar-refractivity contribution in [1.29, 1.82) is 0 Å². The van der Waals surface area contributed by atoms with Gasteiger partial charge in [0.15, 0.2) is 0 Å². The molecular weight excluding hydrogens is 400 g/mol. The molecule has 0 saturated carbocycles.